The van der Waals surface area contributed by atoms with Gasteiger partial charge in [0.25, 0.3) is 11.8 Å². The molecule has 10 nitrogen and oxygen atoms in total. The van der Waals surface area contributed by atoms with E-state index >= 15 is 8.78 Å². The molecule has 264 valence electrons. The van der Waals surface area contributed by atoms with Gasteiger partial charge in [-0.15, -0.1) is 0 Å². The molecule has 3 aromatic rings. The number of rotatable bonds is 10. The number of halogens is 3. The second-order valence-electron chi connectivity index (χ2n) is 13.1. The third-order valence-corrected chi connectivity index (χ3v) is 9.39. The zero-order valence-electron chi connectivity index (χ0n) is 28.5. The van der Waals surface area contributed by atoms with Crippen molar-refractivity contribution < 1.29 is 42.1 Å². The summed E-state index contributed by atoms with van der Waals surface area (Å²) in [6.45, 7) is 8.23. The van der Waals surface area contributed by atoms with Crippen molar-refractivity contribution in [1.82, 2.24) is 15.6 Å². The van der Waals surface area contributed by atoms with Crippen LogP contribution in [0.25, 0.3) is 11.1 Å². The molecule has 1 fully saturated rings. The first-order valence-electron chi connectivity index (χ1n) is 16.2. The number of benzene rings is 2. The molecule has 2 amide bonds. The Balaban J connectivity index is 1.67. The maximum atomic E-state index is 16.8. The number of carbonyl (C=O) groups excluding carboxylic acids is 2. The first-order valence-corrected chi connectivity index (χ1v) is 16.6. The van der Waals surface area contributed by atoms with Crippen molar-refractivity contribution in [2.75, 3.05) is 34.0 Å². The molecular formula is C36H42ClF2N3O7. The summed E-state index contributed by atoms with van der Waals surface area (Å²) < 4.78 is 61.4. The first kappa shape index (κ1) is 36.3. The lowest BCUT2D eigenvalue weighted by atomic mass is 9.66. The topological polar surface area (TPSA) is 117 Å². The van der Waals surface area contributed by atoms with E-state index in [1.54, 1.807) is 0 Å². The Kier molecular flexibility index (Phi) is 11.0. The Morgan fingerprint density at radius 2 is 1.88 bits per heavy atom. The number of carbonyl (C=O) groups is 2. The van der Waals surface area contributed by atoms with Gasteiger partial charge in [0.05, 0.1) is 30.3 Å². The second kappa shape index (κ2) is 14.9. The van der Waals surface area contributed by atoms with Crippen LogP contribution in [0.1, 0.15) is 74.4 Å². The number of pyridine rings is 1. The summed E-state index contributed by atoms with van der Waals surface area (Å²) in [6, 6.07) is 9.52. The largest absolute Gasteiger partial charge is 0.479 e. The molecule has 0 saturated carbocycles. The van der Waals surface area contributed by atoms with Crippen LogP contribution in [0, 0.1) is 17.0 Å². The quantitative estimate of drug-likeness (QED) is 0.215. The van der Waals surface area contributed by atoms with Crippen molar-refractivity contribution in [3.63, 3.8) is 0 Å². The van der Waals surface area contributed by atoms with Gasteiger partial charge in [0.1, 0.15) is 18.2 Å². The Morgan fingerprint density at radius 3 is 2.51 bits per heavy atom. The van der Waals surface area contributed by atoms with Crippen LogP contribution in [-0.2, 0) is 19.8 Å². The Hall–Kier alpha value is -4.00. The molecule has 0 spiro atoms. The summed E-state index contributed by atoms with van der Waals surface area (Å²) in [5.41, 5.74) is -1.66. The Labute approximate surface area is 289 Å². The maximum Gasteiger partial charge on any atom is 0.407 e. The van der Waals surface area contributed by atoms with Gasteiger partial charge in [0.15, 0.2) is 17.7 Å². The van der Waals surface area contributed by atoms with E-state index in [4.69, 9.17) is 35.3 Å². The highest BCUT2D eigenvalue weighted by Gasteiger charge is 2.58. The van der Waals surface area contributed by atoms with E-state index in [0.29, 0.717) is 17.7 Å². The fraction of sp³-hybridized carbons (Fsp3) is 0.472. The molecule has 2 N–H and O–H groups in total. The normalized spacial score (nSPS) is 20.9. The van der Waals surface area contributed by atoms with Gasteiger partial charge < -0.3 is 34.3 Å². The van der Waals surface area contributed by atoms with E-state index in [1.165, 1.54) is 14.2 Å². The molecule has 2 aliphatic rings. The van der Waals surface area contributed by atoms with Crippen LogP contribution in [0.3, 0.4) is 0 Å². The van der Waals surface area contributed by atoms with Gasteiger partial charge in [-0.3, -0.25) is 4.79 Å². The van der Waals surface area contributed by atoms with E-state index in [1.807, 2.05) is 58.0 Å². The maximum absolute atomic E-state index is 16.8. The minimum atomic E-state index is -1.38. The Bertz CT molecular complexity index is 1680. The minimum absolute atomic E-state index is 0.0663. The van der Waals surface area contributed by atoms with Crippen molar-refractivity contribution in [3.8, 4) is 22.8 Å². The monoisotopic (exact) mass is 701 g/mol. The van der Waals surface area contributed by atoms with E-state index in [-0.39, 0.29) is 41.9 Å². The number of amides is 2. The van der Waals surface area contributed by atoms with Crippen LogP contribution in [0.5, 0.6) is 11.6 Å². The molecule has 2 aliphatic heterocycles. The molecule has 13 heteroatoms. The van der Waals surface area contributed by atoms with Crippen LogP contribution in [0.2, 0.25) is 5.02 Å². The van der Waals surface area contributed by atoms with Gasteiger partial charge in [0, 0.05) is 48.5 Å². The molecule has 5 rings (SSSR count). The standard InChI is InChI=1S/C36H42ClF2N3O7/c1-20-26-24(49-36(20,21-12-8-7-9-13-21)33(35(2,3)4)42-34(44)45-6)18-23(38)29(37)28(26)27-22(31(43)40-5)19-41-32(30(27)39)48-17-16-47-25-14-10-11-15-46-25/h7-9,12-13,18-20,25,33H,10-11,14-17H2,1-6H3,(H,40,43)(H,42,44)/t20-,25-,33?,36-/m0/s1. The van der Waals surface area contributed by atoms with Crippen LogP contribution in [0.15, 0.2) is 42.6 Å². The number of hydrogen-bond donors (Lipinski definition) is 2. The molecule has 3 heterocycles. The third kappa shape index (κ3) is 7.04. The van der Waals surface area contributed by atoms with Gasteiger partial charge in [-0.1, -0.05) is 69.6 Å². The molecular weight excluding hydrogens is 660 g/mol. The fourth-order valence-electron chi connectivity index (χ4n) is 6.77. The lowest BCUT2D eigenvalue weighted by Crippen LogP contribution is -2.60. The van der Waals surface area contributed by atoms with Gasteiger partial charge >= 0.3 is 6.09 Å². The molecule has 1 saturated heterocycles. The number of hydrogen-bond acceptors (Lipinski definition) is 8. The SMILES string of the molecule is CNC(=O)c1cnc(OCCO[C@H]2CCCCO2)c(F)c1-c1c(Cl)c(F)cc2c1[C@H](C)[C@](c1ccccc1)(C(NC(=O)OC)C(C)(C)C)O2. The Morgan fingerprint density at radius 1 is 1.14 bits per heavy atom. The van der Waals surface area contributed by atoms with Gasteiger partial charge in [-0.25, -0.2) is 18.6 Å². The van der Waals surface area contributed by atoms with Crippen molar-refractivity contribution >= 4 is 23.6 Å². The fourth-order valence-corrected chi connectivity index (χ4v) is 7.02. The molecule has 2 aromatic carbocycles. The van der Waals surface area contributed by atoms with Crippen LogP contribution in [0.4, 0.5) is 13.6 Å². The molecule has 4 atom stereocenters. The predicted molar refractivity (Wildman–Crippen MR) is 179 cm³/mol. The highest BCUT2D eigenvalue weighted by Crippen LogP contribution is 2.59. The van der Waals surface area contributed by atoms with Crippen molar-refractivity contribution in [3.05, 3.63) is 75.9 Å². The summed E-state index contributed by atoms with van der Waals surface area (Å²) in [4.78, 5) is 30.1. The smallest absolute Gasteiger partial charge is 0.407 e. The van der Waals surface area contributed by atoms with Crippen molar-refractivity contribution in [2.45, 2.75) is 70.8 Å². The van der Waals surface area contributed by atoms with Crippen LogP contribution < -0.4 is 20.1 Å². The molecule has 0 bridgehead atoms. The van der Waals surface area contributed by atoms with E-state index < -0.39 is 57.5 Å². The minimum Gasteiger partial charge on any atom is -0.479 e. The van der Waals surface area contributed by atoms with Crippen LogP contribution in [-0.4, -0.2) is 63.3 Å². The van der Waals surface area contributed by atoms with E-state index in [0.717, 1.165) is 31.5 Å². The number of fused-ring (bicyclic) bond motifs is 1. The van der Waals surface area contributed by atoms with Crippen LogP contribution >= 0.6 is 11.6 Å². The summed E-state index contributed by atoms with van der Waals surface area (Å²) in [7, 11) is 2.64. The average Bonchev–Trinajstić information content (AvgIpc) is 3.38. The zero-order valence-corrected chi connectivity index (χ0v) is 29.2. The third-order valence-electron chi connectivity index (χ3n) is 9.02. The van der Waals surface area contributed by atoms with Gasteiger partial charge in [-0.05, 0) is 30.2 Å². The average molecular weight is 702 g/mol. The summed E-state index contributed by atoms with van der Waals surface area (Å²) in [5.74, 6) is -3.67. The second-order valence-corrected chi connectivity index (χ2v) is 13.5. The van der Waals surface area contributed by atoms with Gasteiger partial charge in [-0.2, -0.15) is 0 Å². The highest BCUT2D eigenvalue weighted by atomic mass is 35.5. The highest BCUT2D eigenvalue weighted by molar-refractivity contribution is 6.34. The van der Waals surface area contributed by atoms with E-state index in [2.05, 4.69) is 15.6 Å². The number of nitrogens with zero attached hydrogens (tertiary/aromatic N) is 1. The summed E-state index contributed by atoms with van der Waals surface area (Å²) in [6.07, 6.45) is 2.78. The number of ether oxygens (including phenoxy) is 5. The molecule has 0 aliphatic carbocycles. The predicted octanol–water partition coefficient (Wildman–Crippen LogP) is 7.12. The van der Waals surface area contributed by atoms with E-state index in [9.17, 15) is 9.59 Å². The lowest BCUT2D eigenvalue weighted by molar-refractivity contribution is -0.165. The van der Waals surface area contributed by atoms with Crippen molar-refractivity contribution in [2.24, 2.45) is 5.41 Å². The van der Waals surface area contributed by atoms with Crippen molar-refractivity contribution in [1.29, 1.82) is 0 Å². The first-order chi connectivity index (χ1) is 23.3. The van der Waals surface area contributed by atoms with Gasteiger partial charge in [0.2, 0.25) is 0 Å². The molecule has 1 aromatic heterocycles. The molecule has 0 radical (unpaired) electrons. The molecule has 1 unspecified atom stereocenters. The molecule has 49 heavy (non-hydrogen) atoms. The lowest BCUT2D eigenvalue weighted by Gasteiger charge is -2.46. The zero-order chi connectivity index (χ0) is 35.5. The summed E-state index contributed by atoms with van der Waals surface area (Å²) >= 11 is 6.74. The number of nitrogens with one attached hydrogen (secondary N) is 2. The number of alkyl carbamates (subject to hydrolysis) is 1. The summed E-state index contributed by atoms with van der Waals surface area (Å²) in [5, 5.41) is 5.02. The number of methoxy groups -OCH3 is 1. The number of aromatic nitrogens is 1.